The summed E-state index contributed by atoms with van der Waals surface area (Å²) >= 11 is 0. The Balaban J connectivity index is 1.81. The number of aromatic nitrogens is 2. The van der Waals surface area contributed by atoms with Crippen LogP contribution >= 0.6 is 0 Å². The second-order valence-corrected chi connectivity index (χ2v) is 5.28. The maximum Gasteiger partial charge on any atom is 0.415 e. The van der Waals surface area contributed by atoms with Crippen molar-refractivity contribution in [3.05, 3.63) is 28.7 Å². The van der Waals surface area contributed by atoms with Gasteiger partial charge in [-0.25, -0.2) is 4.68 Å². The van der Waals surface area contributed by atoms with E-state index in [-0.39, 0.29) is 17.6 Å². The summed E-state index contributed by atoms with van der Waals surface area (Å²) in [6.07, 6.45) is -2.73. The number of aliphatic hydroxyl groups is 1. The third-order valence-corrected chi connectivity index (χ3v) is 3.76. The molecule has 5 nitrogen and oxygen atoms in total. The molecule has 1 unspecified atom stereocenters. The maximum absolute atomic E-state index is 12.2. The Morgan fingerprint density at radius 3 is 2.62 bits per heavy atom. The van der Waals surface area contributed by atoms with Gasteiger partial charge in [-0.3, -0.25) is 4.79 Å². The average molecular weight is 305 g/mol. The van der Waals surface area contributed by atoms with Gasteiger partial charge in [-0.1, -0.05) is 0 Å². The van der Waals surface area contributed by atoms with Crippen molar-refractivity contribution >= 4 is 0 Å². The van der Waals surface area contributed by atoms with Gasteiger partial charge in [0.1, 0.15) is 0 Å². The van der Waals surface area contributed by atoms with Crippen LogP contribution in [0.15, 0.2) is 23.1 Å². The van der Waals surface area contributed by atoms with Gasteiger partial charge in [0.25, 0.3) is 5.56 Å². The molecule has 1 saturated carbocycles. The summed E-state index contributed by atoms with van der Waals surface area (Å²) < 4.78 is 38.0. The van der Waals surface area contributed by atoms with Crippen molar-refractivity contribution in [2.45, 2.75) is 50.0 Å². The Morgan fingerprint density at radius 2 is 2.05 bits per heavy atom. The van der Waals surface area contributed by atoms with Crippen molar-refractivity contribution in [2.24, 2.45) is 0 Å². The lowest BCUT2D eigenvalue weighted by atomic mass is 9.91. The third kappa shape index (κ3) is 4.28. The quantitative estimate of drug-likeness (QED) is 0.878. The summed E-state index contributed by atoms with van der Waals surface area (Å²) in [5.41, 5.74) is -0.165. The number of halogens is 3. The van der Waals surface area contributed by atoms with Crippen molar-refractivity contribution < 1.29 is 18.3 Å². The van der Waals surface area contributed by atoms with Crippen molar-refractivity contribution in [3.8, 4) is 0 Å². The van der Waals surface area contributed by atoms with E-state index >= 15 is 0 Å². The zero-order valence-electron chi connectivity index (χ0n) is 11.4. The van der Waals surface area contributed by atoms with Crippen LogP contribution in [0.5, 0.6) is 0 Å². The van der Waals surface area contributed by atoms with E-state index in [4.69, 9.17) is 5.11 Å². The Morgan fingerprint density at radius 1 is 1.38 bits per heavy atom. The van der Waals surface area contributed by atoms with E-state index in [9.17, 15) is 18.0 Å². The molecule has 118 valence electrons. The third-order valence-electron chi connectivity index (χ3n) is 3.76. The molecule has 1 aliphatic carbocycles. The molecule has 2 rings (SSSR count). The molecule has 0 radical (unpaired) electrons. The molecule has 1 atom stereocenters. The molecule has 8 heteroatoms. The minimum atomic E-state index is -4.59. The summed E-state index contributed by atoms with van der Waals surface area (Å²) in [6.45, 7) is -0.498. The van der Waals surface area contributed by atoms with Crippen LogP contribution in [-0.2, 0) is 0 Å². The summed E-state index contributed by atoms with van der Waals surface area (Å²) in [5.74, 6) is 0. The summed E-state index contributed by atoms with van der Waals surface area (Å²) in [6, 6.07) is 2.93. The van der Waals surface area contributed by atoms with E-state index < -0.39 is 18.8 Å². The van der Waals surface area contributed by atoms with Crippen molar-refractivity contribution in [2.75, 3.05) is 6.54 Å². The van der Waals surface area contributed by atoms with Crippen LogP contribution in [0.3, 0.4) is 0 Å². The molecule has 2 N–H and O–H groups in total. The highest BCUT2D eigenvalue weighted by Gasteiger charge is 2.38. The van der Waals surface area contributed by atoms with Crippen molar-refractivity contribution in [1.29, 1.82) is 0 Å². The van der Waals surface area contributed by atoms with Crippen LogP contribution in [-0.4, -0.2) is 39.8 Å². The zero-order valence-corrected chi connectivity index (χ0v) is 11.4. The molecule has 0 spiro atoms. The van der Waals surface area contributed by atoms with Crippen LogP contribution < -0.4 is 10.9 Å². The topological polar surface area (TPSA) is 67.2 Å². The normalized spacial score (nSPS) is 24.8. The summed E-state index contributed by atoms with van der Waals surface area (Å²) in [4.78, 5) is 11.7. The highest BCUT2D eigenvalue weighted by Crippen LogP contribution is 2.27. The lowest BCUT2D eigenvalue weighted by Crippen LogP contribution is -2.44. The first-order chi connectivity index (χ1) is 9.88. The molecule has 1 heterocycles. The molecule has 1 aliphatic rings. The molecule has 1 aromatic rings. The second kappa shape index (κ2) is 6.57. The predicted molar refractivity (Wildman–Crippen MR) is 69.9 cm³/mol. The first kappa shape index (κ1) is 16.0. The fraction of sp³-hybridized carbons (Fsp3) is 0.692. The minimum Gasteiger partial charge on any atom is -0.382 e. The maximum atomic E-state index is 12.2. The van der Waals surface area contributed by atoms with Gasteiger partial charge in [0.05, 0.1) is 6.04 Å². The van der Waals surface area contributed by atoms with Gasteiger partial charge < -0.3 is 10.4 Å². The Kier molecular flexibility index (Phi) is 5.00. The molecule has 0 aromatic carbocycles. The van der Waals surface area contributed by atoms with Crippen LogP contribution in [0.25, 0.3) is 0 Å². The lowest BCUT2D eigenvalue weighted by Gasteiger charge is -2.30. The number of nitrogens with one attached hydrogen (secondary N) is 1. The van der Waals surface area contributed by atoms with Gasteiger partial charge in [-0.2, -0.15) is 18.3 Å². The Labute approximate surface area is 119 Å². The smallest absolute Gasteiger partial charge is 0.382 e. The monoisotopic (exact) mass is 305 g/mol. The highest BCUT2D eigenvalue weighted by molar-refractivity contribution is 4.89. The number of rotatable bonds is 4. The van der Waals surface area contributed by atoms with Crippen LogP contribution in [0.1, 0.15) is 31.7 Å². The number of hydrogen-bond acceptors (Lipinski definition) is 4. The van der Waals surface area contributed by atoms with Crippen molar-refractivity contribution in [1.82, 2.24) is 15.1 Å². The van der Waals surface area contributed by atoms with E-state index in [1.54, 1.807) is 12.3 Å². The van der Waals surface area contributed by atoms with E-state index in [1.165, 1.54) is 10.7 Å². The van der Waals surface area contributed by atoms with E-state index in [2.05, 4.69) is 10.4 Å². The SMILES string of the molecule is O=c1cccnn1C1CCC(NCC(O)C(F)(F)F)CC1. The standard InChI is InChI=1S/C13H18F3N3O2/c14-13(15,16)11(20)8-17-9-3-5-10(6-4-9)19-12(21)2-1-7-18-19/h1-2,7,9-11,17,20H,3-6,8H2. The molecule has 0 bridgehead atoms. The molecule has 0 saturated heterocycles. The van der Waals surface area contributed by atoms with Gasteiger partial charge in [0.2, 0.25) is 0 Å². The van der Waals surface area contributed by atoms with Crippen LogP contribution in [0, 0.1) is 0 Å². The van der Waals surface area contributed by atoms with Crippen LogP contribution in [0.4, 0.5) is 13.2 Å². The van der Waals surface area contributed by atoms with Crippen LogP contribution in [0.2, 0.25) is 0 Å². The number of alkyl halides is 3. The average Bonchev–Trinajstić information content (AvgIpc) is 2.45. The van der Waals surface area contributed by atoms with E-state index in [0.29, 0.717) is 25.7 Å². The lowest BCUT2D eigenvalue weighted by molar-refractivity contribution is -0.202. The van der Waals surface area contributed by atoms with Gasteiger partial charge >= 0.3 is 6.18 Å². The first-order valence-corrected chi connectivity index (χ1v) is 6.90. The van der Waals surface area contributed by atoms with Gasteiger partial charge in [-0.05, 0) is 31.7 Å². The van der Waals surface area contributed by atoms with Gasteiger partial charge in [-0.15, -0.1) is 0 Å². The molecular weight excluding hydrogens is 287 g/mol. The molecule has 0 amide bonds. The number of nitrogens with zero attached hydrogens (tertiary/aromatic N) is 2. The van der Waals surface area contributed by atoms with E-state index in [1.807, 2.05) is 0 Å². The fourth-order valence-electron chi connectivity index (χ4n) is 2.56. The van der Waals surface area contributed by atoms with Gasteiger partial charge in [0.15, 0.2) is 6.10 Å². The predicted octanol–water partition coefficient (Wildman–Crippen LogP) is 1.24. The zero-order chi connectivity index (χ0) is 15.5. The highest BCUT2D eigenvalue weighted by atomic mass is 19.4. The minimum absolute atomic E-state index is 0.00992. The summed E-state index contributed by atoms with van der Waals surface area (Å²) in [7, 11) is 0. The molecule has 1 fully saturated rings. The first-order valence-electron chi connectivity index (χ1n) is 6.90. The van der Waals surface area contributed by atoms with Crippen molar-refractivity contribution in [3.63, 3.8) is 0 Å². The molecule has 21 heavy (non-hydrogen) atoms. The second-order valence-electron chi connectivity index (χ2n) is 5.28. The largest absolute Gasteiger partial charge is 0.415 e. The van der Waals surface area contributed by atoms with E-state index in [0.717, 1.165) is 0 Å². The number of aliphatic hydroxyl groups excluding tert-OH is 1. The summed E-state index contributed by atoms with van der Waals surface area (Å²) in [5, 5.41) is 15.7. The fourth-order valence-corrected chi connectivity index (χ4v) is 2.56. The molecule has 0 aliphatic heterocycles. The Bertz CT molecular complexity index is 510. The Hall–Kier alpha value is -1.41. The molecule has 1 aromatic heterocycles. The molecular formula is C13H18F3N3O2. The number of hydrogen-bond donors (Lipinski definition) is 2. The van der Waals surface area contributed by atoms with Gasteiger partial charge in [0, 0.05) is 24.8 Å².